The molecule has 1 aliphatic rings. The van der Waals surface area contributed by atoms with Gasteiger partial charge in [-0.1, -0.05) is 25.4 Å². The summed E-state index contributed by atoms with van der Waals surface area (Å²) < 4.78 is 23.0. The Morgan fingerprint density at radius 3 is 2.48 bits per heavy atom. The molecule has 0 unspecified atom stereocenters. The first-order chi connectivity index (χ1) is 9.51. The molecule has 1 saturated heterocycles. The smallest absolute Gasteiger partial charge is 0.254 e. The van der Waals surface area contributed by atoms with Crippen molar-refractivity contribution in [2.24, 2.45) is 10.6 Å². The van der Waals surface area contributed by atoms with Gasteiger partial charge in [-0.05, 0) is 36.5 Å². The third kappa shape index (κ3) is 3.39. The molecule has 1 aromatic carbocycles. The fourth-order valence-corrected chi connectivity index (χ4v) is 3.34. The zero-order valence-corrected chi connectivity index (χ0v) is 13.9. The minimum Gasteiger partial charge on any atom is -0.338 e. The van der Waals surface area contributed by atoms with Gasteiger partial charge in [0.05, 0.1) is 4.90 Å². The molecule has 0 aromatic heterocycles. The minimum atomic E-state index is -3.90. The van der Waals surface area contributed by atoms with Gasteiger partial charge in [-0.3, -0.25) is 4.79 Å². The van der Waals surface area contributed by atoms with E-state index in [9.17, 15) is 13.2 Å². The van der Waals surface area contributed by atoms with E-state index in [1.54, 1.807) is 11.8 Å². The SMILES string of the molecule is Cc1c(Cl)cc(S(N)(=O)=O)cc1C(=O)N1CCC(C)(C)C1. The Hall–Kier alpha value is -1.11. The minimum absolute atomic E-state index is 0.0743. The van der Waals surface area contributed by atoms with Crippen LogP contribution >= 0.6 is 11.6 Å². The Bertz CT molecular complexity index is 698. The highest BCUT2D eigenvalue weighted by molar-refractivity contribution is 7.89. The summed E-state index contributed by atoms with van der Waals surface area (Å²) in [5, 5.41) is 5.36. The van der Waals surface area contributed by atoms with E-state index in [4.69, 9.17) is 16.7 Å². The van der Waals surface area contributed by atoms with Gasteiger partial charge in [-0.15, -0.1) is 0 Å². The van der Waals surface area contributed by atoms with Crippen LogP contribution in [0.3, 0.4) is 0 Å². The van der Waals surface area contributed by atoms with Crippen LogP contribution in [0.5, 0.6) is 0 Å². The number of halogens is 1. The van der Waals surface area contributed by atoms with Crippen molar-refractivity contribution in [1.82, 2.24) is 4.90 Å². The fraction of sp³-hybridized carbons (Fsp3) is 0.500. The number of carbonyl (C=O) groups excluding carboxylic acids is 1. The maximum absolute atomic E-state index is 12.6. The summed E-state index contributed by atoms with van der Waals surface area (Å²) >= 11 is 6.04. The molecule has 0 radical (unpaired) electrons. The number of hydrogen-bond donors (Lipinski definition) is 1. The normalized spacial score (nSPS) is 18.0. The summed E-state index contributed by atoms with van der Waals surface area (Å²) in [7, 11) is -3.90. The quantitative estimate of drug-likeness (QED) is 0.902. The standard InChI is InChI=1S/C14H19ClN2O3S/c1-9-11(6-10(7-12(9)15)21(16,19)20)13(18)17-5-4-14(2,3)8-17/h6-7H,4-5,8H2,1-3H3,(H2,16,19,20). The molecule has 5 nitrogen and oxygen atoms in total. The van der Waals surface area contributed by atoms with Gasteiger partial charge in [0.15, 0.2) is 0 Å². The molecule has 0 saturated carbocycles. The number of hydrogen-bond acceptors (Lipinski definition) is 3. The van der Waals surface area contributed by atoms with Gasteiger partial charge in [0, 0.05) is 23.7 Å². The molecule has 1 amide bonds. The van der Waals surface area contributed by atoms with Gasteiger partial charge in [-0.25, -0.2) is 13.6 Å². The molecule has 2 rings (SSSR count). The first-order valence-electron chi connectivity index (χ1n) is 6.63. The van der Waals surface area contributed by atoms with E-state index >= 15 is 0 Å². The Balaban J connectivity index is 2.44. The van der Waals surface area contributed by atoms with E-state index in [2.05, 4.69) is 13.8 Å². The van der Waals surface area contributed by atoms with Crippen LogP contribution < -0.4 is 5.14 Å². The summed E-state index contributed by atoms with van der Waals surface area (Å²) in [6.07, 6.45) is 0.917. The zero-order chi connectivity index (χ0) is 16.0. The molecular formula is C14H19ClN2O3S. The molecule has 1 aromatic rings. The molecule has 0 atom stereocenters. The molecule has 0 aliphatic carbocycles. The molecule has 7 heteroatoms. The molecule has 116 valence electrons. The van der Waals surface area contributed by atoms with Crippen LogP contribution in [0.15, 0.2) is 17.0 Å². The predicted octanol–water partition coefficient (Wildman–Crippen LogP) is 2.17. The van der Waals surface area contributed by atoms with E-state index in [1.807, 2.05) is 0 Å². The second-order valence-electron chi connectivity index (χ2n) is 6.26. The summed E-state index contributed by atoms with van der Waals surface area (Å²) in [5.41, 5.74) is 0.938. The average Bonchev–Trinajstić information content (AvgIpc) is 2.71. The lowest BCUT2D eigenvalue weighted by atomic mass is 9.93. The third-order valence-corrected chi connectivity index (χ3v) is 5.13. The third-order valence-electron chi connectivity index (χ3n) is 3.84. The van der Waals surface area contributed by atoms with Crippen molar-refractivity contribution >= 4 is 27.5 Å². The Labute approximate surface area is 130 Å². The van der Waals surface area contributed by atoms with E-state index in [0.29, 0.717) is 24.2 Å². The number of nitrogens with zero attached hydrogens (tertiary/aromatic N) is 1. The van der Waals surface area contributed by atoms with Crippen molar-refractivity contribution < 1.29 is 13.2 Å². The number of primary sulfonamides is 1. The van der Waals surface area contributed by atoms with E-state index < -0.39 is 10.0 Å². The van der Waals surface area contributed by atoms with Crippen molar-refractivity contribution in [3.63, 3.8) is 0 Å². The number of benzene rings is 1. The second kappa shape index (κ2) is 5.26. The number of rotatable bonds is 2. The second-order valence-corrected chi connectivity index (χ2v) is 8.23. The van der Waals surface area contributed by atoms with Gasteiger partial charge in [0.1, 0.15) is 0 Å². The predicted molar refractivity (Wildman–Crippen MR) is 81.9 cm³/mol. The summed E-state index contributed by atoms with van der Waals surface area (Å²) in [6.45, 7) is 7.19. The maximum atomic E-state index is 12.6. The average molecular weight is 331 g/mol. The molecule has 1 aliphatic heterocycles. The van der Waals surface area contributed by atoms with Crippen LogP contribution in [0.2, 0.25) is 5.02 Å². The highest BCUT2D eigenvalue weighted by atomic mass is 35.5. The van der Waals surface area contributed by atoms with Crippen LogP contribution in [0.25, 0.3) is 0 Å². The van der Waals surface area contributed by atoms with Crippen LogP contribution in [0, 0.1) is 12.3 Å². The summed E-state index contributed by atoms with van der Waals surface area (Å²) in [6, 6.07) is 2.58. The first kappa shape index (κ1) is 16.3. The molecular weight excluding hydrogens is 312 g/mol. The maximum Gasteiger partial charge on any atom is 0.254 e. The number of carbonyl (C=O) groups is 1. The Kier molecular flexibility index (Phi) is 4.08. The molecule has 2 N–H and O–H groups in total. The molecule has 0 bridgehead atoms. The largest absolute Gasteiger partial charge is 0.338 e. The Morgan fingerprint density at radius 2 is 2.00 bits per heavy atom. The fourth-order valence-electron chi connectivity index (χ4n) is 2.50. The zero-order valence-electron chi connectivity index (χ0n) is 12.3. The lowest BCUT2D eigenvalue weighted by molar-refractivity contribution is 0.0777. The topological polar surface area (TPSA) is 80.5 Å². The van der Waals surface area contributed by atoms with Crippen molar-refractivity contribution in [2.45, 2.75) is 32.1 Å². The van der Waals surface area contributed by atoms with Gasteiger partial charge < -0.3 is 4.90 Å². The van der Waals surface area contributed by atoms with E-state index in [-0.39, 0.29) is 21.2 Å². The molecule has 1 fully saturated rings. The first-order valence-corrected chi connectivity index (χ1v) is 8.56. The van der Waals surface area contributed by atoms with Crippen LogP contribution in [-0.2, 0) is 10.0 Å². The molecule has 21 heavy (non-hydrogen) atoms. The number of sulfonamides is 1. The van der Waals surface area contributed by atoms with Crippen molar-refractivity contribution in [3.8, 4) is 0 Å². The molecule has 0 spiro atoms. The van der Waals surface area contributed by atoms with Gasteiger partial charge in [0.2, 0.25) is 10.0 Å². The van der Waals surface area contributed by atoms with Crippen LogP contribution in [0.4, 0.5) is 0 Å². The number of likely N-dealkylation sites (tertiary alicyclic amines) is 1. The van der Waals surface area contributed by atoms with Gasteiger partial charge in [0.25, 0.3) is 5.91 Å². The Morgan fingerprint density at radius 1 is 1.38 bits per heavy atom. The van der Waals surface area contributed by atoms with Crippen LogP contribution in [0.1, 0.15) is 36.2 Å². The van der Waals surface area contributed by atoms with E-state index in [1.165, 1.54) is 12.1 Å². The summed E-state index contributed by atoms with van der Waals surface area (Å²) in [4.78, 5) is 14.2. The molecule has 1 heterocycles. The van der Waals surface area contributed by atoms with Gasteiger partial charge >= 0.3 is 0 Å². The van der Waals surface area contributed by atoms with Crippen LogP contribution in [-0.4, -0.2) is 32.3 Å². The van der Waals surface area contributed by atoms with Gasteiger partial charge in [-0.2, -0.15) is 0 Å². The van der Waals surface area contributed by atoms with Crippen molar-refractivity contribution in [3.05, 3.63) is 28.3 Å². The highest BCUT2D eigenvalue weighted by Gasteiger charge is 2.33. The lowest BCUT2D eigenvalue weighted by Gasteiger charge is -2.21. The number of amides is 1. The lowest BCUT2D eigenvalue weighted by Crippen LogP contribution is -2.31. The number of nitrogens with two attached hydrogens (primary N) is 1. The summed E-state index contributed by atoms with van der Waals surface area (Å²) in [5.74, 6) is -0.203. The monoisotopic (exact) mass is 330 g/mol. The van der Waals surface area contributed by atoms with Crippen molar-refractivity contribution in [1.29, 1.82) is 0 Å². The highest BCUT2D eigenvalue weighted by Crippen LogP contribution is 2.31. The van der Waals surface area contributed by atoms with Crippen molar-refractivity contribution in [2.75, 3.05) is 13.1 Å². The van der Waals surface area contributed by atoms with E-state index in [0.717, 1.165) is 6.42 Å².